The summed E-state index contributed by atoms with van der Waals surface area (Å²) in [7, 11) is 3.28. The zero-order chi connectivity index (χ0) is 18.5. The van der Waals surface area contributed by atoms with Crippen LogP contribution < -0.4 is 5.32 Å². The smallest absolute Gasteiger partial charge is 0.270 e. The minimum Gasteiger partial charge on any atom is -0.385 e. The van der Waals surface area contributed by atoms with Crippen molar-refractivity contribution >= 4 is 23.2 Å². The maximum Gasteiger partial charge on any atom is 0.270 e. The Morgan fingerprint density at radius 1 is 1.24 bits per heavy atom. The van der Waals surface area contributed by atoms with Gasteiger partial charge in [-0.05, 0) is 19.3 Å². The summed E-state index contributed by atoms with van der Waals surface area (Å²) in [6.07, 6.45) is 2.88. The second-order valence-corrected chi connectivity index (χ2v) is 6.58. The Morgan fingerprint density at radius 3 is 2.64 bits per heavy atom. The van der Waals surface area contributed by atoms with E-state index in [0.29, 0.717) is 45.0 Å². The molecule has 1 rings (SSSR count). The molecular weight excluding hydrogens is 342 g/mol. The van der Waals surface area contributed by atoms with Crippen LogP contribution >= 0.6 is 11.3 Å². The molecular formula is C17H29N3O4S. The quantitative estimate of drug-likeness (QED) is 0.537. The molecule has 1 N–H and O–H groups in total. The number of carbonyl (C=O) groups is 2. The fraction of sp³-hybridized carbons (Fsp3) is 0.706. The predicted octanol–water partition coefficient (Wildman–Crippen LogP) is 2.07. The van der Waals surface area contributed by atoms with Gasteiger partial charge >= 0.3 is 0 Å². The lowest BCUT2D eigenvalue weighted by Gasteiger charge is -2.21. The molecule has 0 aliphatic heterocycles. The minimum atomic E-state index is -0.190. The van der Waals surface area contributed by atoms with Gasteiger partial charge in [-0.15, -0.1) is 11.3 Å². The van der Waals surface area contributed by atoms with Crippen LogP contribution in [0.2, 0.25) is 0 Å². The number of nitrogens with zero attached hydrogens (tertiary/aromatic N) is 2. The molecule has 7 nitrogen and oxygen atoms in total. The van der Waals surface area contributed by atoms with Gasteiger partial charge in [-0.1, -0.05) is 6.92 Å². The average Bonchev–Trinajstić information content (AvgIpc) is 3.07. The number of aromatic nitrogens is 1. The van der Waals surface area contributed by atoms with Crippen LogP contribution in [-0.2, 0) is 20.8 Å². The predicted molar refractivity (Wildman–Crippen MR) is 97.8 cm³/mol. The molecule has 0 aliphatic rings. The van der Waals surface area contributed by atoms with Gasteiger partial charge in [0.25, 0.3) is 5.91 Å². The van der Waals surface area contributed by atoms with Crippen molar-refractivity contribution in [3.8, 4) is 0 Å². The molecule has 0 saturated carbocycles. The van der Waals surface area contributed by atoms with Crippen molar-refractivity contribution < 1.29 is 19.1 Å². The molecule has 8 heteroatoms. The fourth-order valence-corrected chi connectivity index (χ4v) is 3.01. The lowest BCUT2D eigenvalue weighted by Crippen LogP contribution is -2.32. The highest BCUT2D eigenvalue weighted by atomic mass is 32.1. The van der Waals surface area contributed by atoms with Gasteiger partial charge < -0.3 is 19.7 Å². The van der Waals surface area contributed by atoms with Gasteiger partial charge in [0.15, 0.2) is 0 Å². The molecule has 0 spiro atoms. The summed E-state index contributed by atoms with van der Waals surface area (Å²) in [5.74, 6) is -0.0798. The third-order valence-electron chi connectivity index (χ3n) is 3.51. The Bertz CT molecular complexity index is 522. The van der Waals surface area contributed by atoms with E-state index in [0.717, 1.165) is 24.3 Å². The van der Waals surface area contributed by atoms with Crippen LogP contribution in [-0.4, -0.2) is 62.2 Å². The van der Waals surface area contributed by atoms with E-state index in [1.807, 2.05) is 6.92 Å². The Kier molecular flexibility index (Phi) is 11.0. The number of nitrogens with one attached hydrogen (secondary N) is 1. The molecule has 0 saturated heterocycles. The van der Waals surface area contributed by atoms with Crippen molar-refractivity contribution in [2.75, 3.05) is 40.5 Å². The van der Waals surface area contributed by atoms with Crippen molar-refractivity contribution in [2.45, 2.75) is 39.2 Å². The first-order valence-corrected chi connectivity index (χ1v) is 9.48. The van der Waals surface area contributed by atoms with E-state index < -0.39 is 0 Å². The second-order valence-electron chi connectivity index (χ2n) is 5.64. The number of amides is 2. The lowest BCUT2D eigenvalue weighted by molar-refractivity contribution is -0.132. The molecule has 1 heterocycles. The van der Waals surface area contributed by atoms with Crippen molar-refractivity contribution in [1.82, 2.24) is 15.2 Å². The summed E-state index contributed by atoms with van der Waals surface area (Å²) in [6.45, 7) is 4.83. The number of hydrogen-bond donors (Lipinski definition) is 1. The first kappa shape index (κ1) is 21.5. The van der Waals surface area contributed by atoms with Crippen LogP contribution in [0.5, 0.6) is 0 Å². The second kappa shape index (κ2) is 12.8. The SMILES string of the molecule is CCCC(=O)N(CCCOC)Cc1nc(C(=O)NCCCOC)cs1. The van der Waals surface area contributed by atoms with Crippen molar-refractivity contribution in [1.29, 1.82) is 0 Å². The van der Waals surface area contributed by atoms with Gasteiger partial charge in [0.1, 0.15) is 10.7 Å². The molecule has 0 fully saturated rings. The van der Waals surface area contributed by atoms with Crippen LogP contribution in [0.15, 0.2) is 5.38 Å². The maximum absolute atomic E-state index is 12.3. The summed E-state index contributed by atoms with van der Waals surface area (Å²) in [6, 6.07) is 0. The van der Waals surface area contributed by atoms with Gasteiger partial charge in [0.2, 0.25) is 5.91 Å². The zero-order valence-electron chi connectivity index (χ0n) is 15.4. The van der Waals surface area contributed by atoms with Gasteiger partial charge in [0, 0.05) is 52.3 Å². The Labute approximate surface area is 153 Å². The third-order valence-corrected chi connectivity index (χ3v) is 4.35. The van der Waals surface area contributed by atoms with E-state index in [4.69, 9.17) is 9.47 Å². The monoisotopic (exact) mass is 371 g/mol. The molecule has 0 atom stereocenters. The molecule has 0 aliphatic carbocycles. The molecule has 0 bridgehead atoms. The van der Waals surface area contributed by atoms with Crippen LogP contribution in [0.4, 0.5) is 0 Å². The van der Waals surface area contributed by atoms with E-state index in [1.54, 1.807) is 24.5 Å². The first-order valence-electron chi connectivity index (χ1n) is 8.60. The van der Waals surface area contributed by atoms with Crippen molar-refractivity contribution in [3.63, 3.8) is 0 Å². The Hall–Kier alpha value is -1.51. The van der Waals surface area contributed by atoms with Crippen LogP contribution in [0.25, 0.3) is 0 Å². The molecule has 2 amide bonds. The lowest BCUT2D eigenvalue weighted by atomic mass is 10.3. The third kappa shape index (κ3) is 8.42. The number of carbonyl (C=O) groups excluding carboxylic acids is 2. The average molecular weight is 372 g/mol. The van der Waals surface area contributed by atoms with Crippen molar-refractivity contribution in [2.24, 2.45) is 0 Å². The van der Waals surface area contributed by atoms with E-state index in [1.165, 1.54) is 11.3 Å². The summed E-state index contributed by atoms with van der Waals surface area (Å²) in [5, 5.41) is 5.32. The molecule has 142 valence electrons. The number of methoxy groups -OCH3 is 2. The topological polar surface area (TPSA) is 80.8 Å². The molecule has 1 aromatic rings. The fourth-order valence-electron chi connectivity index (χ4n) is 2.22. The molecule has 0 unspecified atom stereocenters. The highest BCUT2D eigenvalue weighted by Crippen LogP contribution is 2.14. The molecule has 0 radical (unpaired) electrons. The summed E-state index contributed by atoms with van der Waals surface area (Å²) in [5.41, 5.74) is 0.400. The highest BCUT2D eigenvalue weighted by molar-refractivity contribution is 7.09. The number of thiazole rings is 1. The van der Waals surface area contributed by atoms with Crippen LogP contribution in [0.3, 0.4) is 0 Å². The van der Waals surface area contributed by atoms with Crippen LogP contribution in [0.1, 0.15) is 48.1 Å². The number of hydrogen-bond acceptors (Lipinski definition) is 6. The van der Waals surface area contributed by atoms with Crippen molar-refractivity contribution in [3.05, 3.63) is 16.1 Å². The van der Waals surface area contributed by atoms with Crippen LogP contribution in [0, 0.1) is 0 Å². The van der Waals surface area contributed by atoms with E-state index in [9.17, 15) is 9.59 Å². The summed E-state index contributed by atoms with van der Waals surface area (Å²) >= 11 is 1.40. The van der Waals surface area contributed by atoms with Gasteiger partial charge in [-0.25, -0.2) is 4.98 Å². The van der Waals surface area contributed by atoms with E-state index in [2.05, 4.69) is 10.3 Å². The summed E-state index contributed by atoms with van der Waals surface area (Å²) < 4.78 is 10.0. The van der Waals surface area contributed by atoms with E-state index >= 15 is 0 Å². The molecule has 0 aromatic carbocycles. The number of rotatable bonds is 13. The zero-order valence-corrected chi connectivity index (χ0v) is 16.2. The normalized spacial score (nSPS) is 10.7. The van der Waals surface area contributed by atoms with Gasteiger partial charge in [-0.3, -0.25) is 9.59 Å². The van der Waals surface area contributed by atoms with Gasteiger partial charge in [-0.2, -0.15) is 0 Å². The van der Waals surface area contributed by atoms with E-state index in [-0.39, 0.29) is 11.8 Å². The minimum absolute atomic E-state index is 0.111. The maximum atomic E-state index is 12.3. The first-order chi connectivity index (χ1) is 12.1. The highest BCUT2D eigenvalue weighted by Gasteiger charge is 2.16. The standard InChI is InChI=1S/C17H29N3O4S/c1-4-7-16(21)20(9-6-11-24-3)12-15-19-14(13-25-15)17(22)18-8-5-10-23-2/h13H,4-12H2,1-3H3,(H,18,22). The summed E-state index contributed by atoms with van der Waals surface area (Å²) in [4.78, 5) is 30.5. The molecule has 25 heavy (non-hydrogen) atoms. The van der Waals surface area contributed by atoms with Gasteiger partial charge in [0.05, 0.1) is 6.54 Å². The Balaban J connectivity index is 2.58. The molecule has 1 aromatic heterocycles. The number of ether oxygens (including phenoxy) is 2. The Morgan fingerprint density at radius 2 is 1.96 bits per heavy atom. The largest absolute Gasteiger partial charge is 0.385 e.